The average molecular weight is 504 g/mol. The number of carbonyl (C=O) groups excluding carboxylic acids is 1. The van der Waals surface area contributed by atoms with E-state index in [1.54, 1.807) is 0 Å². The number of H-pyrrole nitrogens is 1. The van der Waals surface area contributed by atoms with Crippen molar-refractivity contribution in [2.45, 2.75) is 13.0 Å². The molecule has 0 aliphatic heterocycles. The minimum atomic E-state index is -0.549. The normalized spacial score (nSPS) is 10.8. The van der Waals surface area contributed by atoms with Crippen molar-refractivity contribution in [2.24, 2.45) is 0 Å². The van der Waals surface area contributed by atoms with Gasteiger partial charge in [-0.3, -0.25) is 9.59 Å². The van der Waals surface area contributed by atoms with E-state index in [0.29, 0.717) is 10.8 Å². The first-order chi connectivity index (χ1) is 17.5. The van der Waals surface area contributed by atoms with Crippen molar-refractivity contribution in [3.05, 3.63) is 117 Å². The molecule has 0 fully saturated rings. The van der Waals surface area contributed by atoms with Crippen molar-refractivity contribution < 1.29 is 14.6 Å². The van der Waals surface area contributed by atoms with Gasteiger partial charge in [-0.15, -0.1) is 0 Å². The summed E-state index contributed by atoms with van der Waals surface area (Å²) in [6, 6.07) is 24.5. The molecule has 0 aliphatic rings. The summed E-state index contributed by atoms with van der Waals surface area (Å²) < 4.78 is 5.78. The third kappa shape index (κ3) is 5.82. The smallest absolute Gasteiger partial charge is 0.294 e. The molecule has 36 heavy (non-hydrogen) atoms. The number of nitrogens with zero attached hydrogens (tertiary/aromatic N) is 2. The molecule has 0 unspecified atom stereocenters. The van der Waals surface area contributed by atoms with Gasteiger partial charge in [0, 0.05) is 30.6 Å². The van der Waals surface area contributed by atoms with Crippen molar-refractivity contribution in [2.75, 3.05) is 20.2 Å². The first-order valence-electron chi connectivity index (χ1n) is 11.5. The Balaban J connectivity index is 1.72. The highest BCUT2D eigenvalue weighted by atomic mass is 35.5. The van der Waals surface area contributed by atoms with Gasteiger partial charge in [-0.2, -0.15) is 0 Å². The van der Waals surface area contributed by atoms with Crippen LogP contribution in [0.1, 0.15) is 27.4 Å². The number of likely N-dealkylation sites (N-methyl/N-ethyl adjacent to an activating group) is 1. The Labute approximate surface area is 214 Å². The van der Waals surface area contributed by atoms with Crippen molar-refractivity contribution in [1.29, 1.82) is 0 Å². The predicted molar refractivity (Wildman–Crippen MR) is 139 cm³/mol. The minimum Gasteiger partial charge on any atom is -0.481 e. The van der Waals surface area contributed by atoms with E-state index in [0.717, 1.165) is 22.3 Å². The van der Waals surface area contributed by atoms with E-state index in [1.807, 2.05) is 78.9 Å². The van der Waals surface area contributed by atoms with Crippen LogP contribution in [0.2, 0.25) is 5.02 Å². The number of nitrogens with one attached hydrogen (secondary N) is 1. The van der Waals surface area contributed by atoms with Gasteiger partial charge in [-0.1, -0.05) is 84.4 Å². The molecule has 3 aromatic carbocycles. The standard InChI is InChI=1S/C28H26ClN3O4/c1-32(15-16-33)28(35)25-26(36-18-19-9-3-2-4-10-19)27(34)31-24(30-25)17-20-11-5-6-12-21(20)22-13-7-8-14-23(22)29/h2-14,33H,15-18H2,1H3,(H,30,31,34). The van der Waals surface area contributed by atoms with E-state index in [4.69, 9.17) is 16.3 Å². The molecule has 1 aromatic heterocycles. The number of hydrogen-bond acceptors (Lipinski definition) is 5. The zero-order valence-corrected chi connectivity index (χ0v) is 20.5. The molecular formula is C28H26ClN3O4. The van der Waals surface area contributed by atoms with Crippen LogP contribution in [-0.4, -0.2) is 46.1 Å². The molecular weight excluding hydrogens is 478 g/mol. The van der Waals surface area contributed by atoms with Gasteiger partial charge in [0.25, 0.3) is 11.5 Å². The van der Waals surface area contributed by atoms with Crippen LogP contribution in [0.25, 0.3) is 11.1 Å². The quantitative estimate of drug-likeness (QED) is 0.354. The van der Waals surface area contributed by atoms with E-state index in [9.17, 15) is 14.7 Å². The van der Waals surface area contributed by atoms with Gasteiger partial charge in [-0.05, 0) is 22.8 Å². The summed E-state index contributed by atoms with van der Waals surface area (Å²) in [6.45, 7) is -0.0237. The maximum absolute atomic E-state index is 13.2. The molecule has 184 valence electrons. The SMILES string of the molecule is CN(CCO)C(=O)c1nc(Cc2ccccc2-c2ccccc2Cl)[nH]c(=O)c1OCc1ccccc1. The fourth-order valence-corrected chi connectivity index (χ4v) is 4.07. The highest BCUT2D eigenvalue weighted by molar-refractivity contribution is 6.33. The van der Waals surface area contributed by atoms with Gasteiger partial charge < -0.3 is 19.7 Å². The van der Waals surface area contributed by atoms with E-state index in [1.165, 1.54) is 11.9 Å². The number of aromatic nitrogens is 2. The molecule has 8 heteroatoms. The summed E-state index contributed by atoms with van der Waals surface area (Å²) in [6.07, 6.45) is 0.263. The highest BCUT2D eigenvalue weighted by Gasteiger charge is 2.23. The van der Waals surface area contributed by atoms with Crippen LogP contribution in [0, 0.1) is 0 Å². The molecule has 0 aliphatic carbocycles. The van der Waals surface area contributed by atoms with Crippen LogP contribution in [0.4, 0.5) is 0 Å². The summed E-state index contributed by atoms with van der Waals surface area (Å²) >= 11 is 6.44. The molecule has 0 atom stereocenters. The Hall–Kier alpha value is -3.94. The Morgan fingerprint density at radius 2 is 1.67 bits per heavy atom. The molecule has 4 rings (SSSR count). The first-order valence-corrected chi connectivity index (χ1v) is 11.8. The van der Waals surface area contributed by atoms with E-state index in [-0.39, 0.29) is 37.6 Å². The van der Waals surface area contributed by atoms with Crippen LogP contribution in [-0.2, 0) is 13.0 Å². The molecule has 0 radical (unpaired) electrons. The second-order valence-electron chi connectivity index (χ2n) is 8.23. The number of ether oxygens (including phenoxy) is 1. The number of rotatable bonds is 9. The first kappa shape index (κ1) is 25.2. The monoisotopic (exact) mass is 503 g/mol. The van der Waals surface area contributed by atoms with Crippen LogP contribution in [0.5, 0.6) is 5.75 Å². The van der Waals surface area contributed by atoms with Crippen molar-refractivity contribution in [1.82, 2.24) is 14.9 Å². The lowest BCUT2D eigenvalue weighted by Gasteiger charge is -2.18. The van der Waals surface area contributed by atoms with Crippen molar-refractivity contribution in [3.63, 3.8) is 0 Å². The summed E-state index contributed by atoms with van der Waals surface area (Å²) in [5.74, 6) is -0.358. The summed E-state index contributed by atoms with van der Waals surface area (Å²) in [4.78, 5) is 34.9. The maximum Gasteiger partial charge on any atom is 0.294 e. The summed E-state index contributed by atoms with van der Waals surface area (Å²) in [5, 5.41) is 9.90. The summed E-state index contributed by atoms with van der Waals surface area (Å²) in [7, 11) is 1.54. The maximum atomic E-state index is 13.2. The zero-order chi connectivity index (χ0) is 25.5. The number of benzene rings is 3. The van der Waals surface area contributed by atoms with E-state index >= 15 is 0 Å². The largest absolute Gasteiger partial charge is 0.481 e. The Bertz CT molecular complexity index is 1410. The fourth-order valence-electron chi connectivity index (χ4n) is 3.83. The average Bonchev–Trinajstić information content (AvgIpc) is 2.89. The van der Waals surface area contributed by atoms with Gasteiger partial charge in [0.1, 0.15) is 12.4 Å². The molecule has 0 spiro atoms. The third-order valence-corrected chi connectivity index (χ3v) is 6.01. The molecule has 0 saturated carbocycles. The zero-order valence-electron chi connectivity index (χ0n) is 19.8. The van der Waals surface area contributed by atoms with Crippen LogP contribution in [0.15, 0.2) is 83.7 Å². The number of halogens is 1. The van der Waals surface area contributed by atoms with Gasteiger partial charge in [0.2, 0.25) is 5.75 Å². The molecule has 7 nitrogen and oxygen atoms in total. The topological polar surface area (TPSA) is 95.5 Å². The van der Waals surface area contributed by atoms with Gasteiger partial charge in [-0.25, -0.2) is 4.98 Å². The molecule has 1 amide bonds. The number of aliphatic hydroxyl groups is 1. The molecule has 2 N–H and O–H groups in total. The van der Waals surface area contributed by atoms with Gasteiger partial charge >= 0.3 is 0 Å². The lowest BCUT2D eigenvalue weighted by Crippen LogP contribution is -2.32. The molecule has 0 saturated heterocycles. The van der Waals surface area contributed by atoms with Crippen molar-refractivity contribution >= 4 is 17.5 Å². The number of aromatic amines is 1. The van der Waals surface area contributed by atoms with Crippen LogP contribution >= 0.6 is 11.6 Å². The Morgan fingerprint density at radius 1 is 1.00 bits per heavy atom. The van der Waals surface area contributed by atoms with E-state index in [2.05, 4.69) is 9.97 Å². The summed E-state index contributed by atoms with van der Waals surface area (Å²) in [5.41, 5.74) is 2.84. The third-order valence-electron chi connectivity index (χ3n) is 5.68. The number of hydrogen-bond donors (Lipinski definition) is 2. The second kappa shape index (κ2) is 11.7. The predicted octanol–water partition coefficient (Wildman–Crippen LogP) is 4.32. The highest BCUT2D eigenvalue weighted by Crippen LogP contribution is 2.31. The Morgan fingerprint density at radius 3 is 2.39 bits per heavy atom. The molecule has 1 heterocycles. The van der Waals surface area contributed by atoms with Gasteiger partial charge in [0.05, 0.1) is 6.61 Å². The minimum absolute atomic E-state index is 0.0934. The molecule has 0 bridgehead atoms. The molecule has 4 aromatic rings. The number of carbonyl (C=O) groups is 1. The van der Waals surface area contributed by atoms with Crippen molar-refractivity contribution in [3.8, 4) is 16.9 Å². The number of amides is 1. The van der Waals surface area contributed by atoms with Crippen LogP contribution < -0.4 is 10.3 Å². The second-order valence-corrected chi connectivity index (χ2v) is 8.64. The Kier molecular flexibility index (Phi) is 8.15. The van der Waals surface area contributed by atoms with Gasteiger partial charge in [0.15, 0.2) is 5.69 Å². The van der Waals surface area contributed by atoms with Crippen LogP contribution in [0.3, 0.4) is 0 Å². The van der Waals surface area contributed by atoms with E-state index < -0.39 is 11.5 Å². The lowest BCUT2D eigenvalue weighted by molar-refractivity contribution is 0.0754. The lowest BCUT2D eigenvalue weighted by atomic mass is 9.97. The fraction of sp³-hybridized carbons (Fsp3) is 0.179. The number of aliphatic hydroxyl groups excluding tert-OH is 1.